The lowest BCUT2D eigenvalue weighted by molar-refractivity contribution is -0.137. The largest absolute Gasteiger partial charge is 0.465 e. The maximum Gasteiger partial charge on any atom is 0.417 e. The topological polar surface area (TPSA) is 112 Å². The molecule has 0 spiro atoms. The van der Waals surface area contributed by atoms with Crippen LogP contribution in [0, 0.1) is 0 Å². The third-order valence-electron chi connectivity index (χ3n) is 4.92. The number of carbonyl (C=O) groups is 3. The number of nitrogens with one attached hydrogen (secondary N) is 1. The van der Waals surface area contributed by atoms with E-state index in [9.17, 15) is 27.6 Å². The van der Waals surface area contributed by atoms with Crippen molar-refractivity contribution in [2.75, 3.05) is 19.5 Å². The Morgan fingerprint density at radius 3 is 2.03 bits per heavy atom. The van der Waals surface area contributed by atoms with Crippen molar-refractivity contribution in [3.05, 3.63) is 70.7 Å². The van der Waals surface area contributed by atoms with Crippen LogP contribution in [0.1, 0.15) is 62.1 Å². The van der Waals surface area contributed by atoms with Crippen molar-refractivity contribution >= 4 is 23.5 Å². The summed E-state index contributed by atoms with van der Waals surface area (Å²) < 4.78 is 49.3. The van der Waals surface area contributed by atoms with E-state index in [2.05, 4.69) is 24.9 Å². The van der Waals surface area contributed by atoms with Crippen LogP contribution < -0.4 is 5.32 Å². The van der Waals surface area contributed by atoms with Crippen molar-refractivity contribution in [2.24, 2.45) is 0 Å². The van der Waals surface area contributed by atoms with E-state index < -0.39 is 29.6 Å². The Hall–Kier alpha value is -4.22. The molecule has 12 heteroatoms. The monoisotopic (exact) mass is 490 g/mol. The Kier molecular flexibility index (Phi) is 7.22. The summed E-state index contributed by atoms with van der Waals surface area (Å²) in [7, 11) is 2.34. The molecule has 3 aromatic rings. The molecular weight excluding hydrogens is 469 g/mol. The molecule has 0 radical (unpaired) electrons. The van der Waals surface area contributed by atoms with Gasteiger partial charge in [0, 0.05) is 11.9 Å². The number of rotatable bonds is 6. The SMILES string of the molecule is COC(=O)c1cc(NC(=O)c2cnn(-c3ccc(C(F)(F)F)cn3)c2C(C)C)cc(C(=O)OC)c1. The van der Waals surface area contributed by atoms with E-state index in [0.717, 1.165) is 12.1 Å². The minimum Gasteiger partial charge on any atom is -0.465 e. The summed E-state index contributed by atoms with van der Waals surface area (Å²) in [5.74, 6) is -2.24. The van der Waals surface area contributed by atoms with E-state index in [-0.39, 0.29) is 34.1 Å². The Morgan fingerprint density at radius 2 is 1.57 bits per heavy atom. The van der Waals surface area contributed by atoms with Gasteiger partial charge in [0.25, 0.3) is 5.91 Å². The number of pyridine rings is 1. The van der Waals surface area contributed by atoms with Crippen molar-refractivity contribution in [1.82, 2.24) is 14.8 Å². The molecule has 0 atom stereocenters. The van der Waals surface area contributed by atoms with Gasteiger partial charge in [0.15, 0.2) is 5.82 Å². The van der Waals surface area contributed by atoms with Gasteiger partial charge in [0.2, 0.25) is 0 Å². The quantitative estimate of drug-likeness (QED) is 0.515. The molecule has 0 aliphatic rings. The number of esters is 2. The summed E-state index contributed by atoms with van der Waals surface area (Å²) >= 11 is 0. The van der Waals surface area contributed by atoms with E-state index in [1.807, 2.05) is 0 Å². The van der Waals surface area contributed by atoms with Crippen LogP contribution in [-0.4, -0.2) is 46.8 Å². The van der Waals surface area contributed by atoms with Crippen LogP contribution in [0.3, 0.4) is 0 Å². The maximum absolute atomic E-state index is 13.1. The molecule has 0 saturated heterocycles. The molecule has 0 bridgehead atoms. The van der Waals surface area contributed by atoms with Gasteiger partial charge in [-0.15, -0.1) is 0 Å². The van der Waals surface area contributed by atoms with Gasteiger partial charge in [0.1, 0.15) is 0 Å². The van der Waals surface area contributed by atoms with E-state index in [1.165, 1.54) is 43.3 Å². The number of aromatic nitrogens is 3. The Bertz CT molecular complexity index is 1230. The number of carbonyl (C=O) groups excluding carboxylic acids is 3. The van der Waals surface area contributed by atoms with Crippen LogP contribution >= 0.6 is 0 Å². The molecule has 184 valence electrons. The second-order valence-electron chi connectivity index (χ2n) is 7.65. The van der Waals surface area contributed by atoms with Gasteiger partial charge in [-0.05, 0) is 36.2 Å². The average Bonchev–Trinajstić information content (AvgIpc) is 3.28. The molecule has 35 heavy (non-hydrogen) atoms. The summed E-state index contributed by atoms with van der Waals surface area (Å²) in [6.45, 7) is 3.56. The first-order valence-electron chi connectivity index (χ1n) is 10.2. The van der Waals surface area contributed by atoms with Crippen LogP contribution in [0.25, 0.3) is 5.82 Å². The fraction of sp³-hybridized carbons (Fsp3) is 0.261. The molecule has 0 saturated carbocycles. The fourth-order valence-electron chi connectivity index (χ4n) is 3.32. The van der Waals surface area contributed by atoms with Gasteiger partial charge in [-0.3, -0.25) is 4.79 Å². The molecule has 3 rings (SSSR count). The number of anilines is 1. The second-order valence-corrected chi connectivity index (χ2v) is 7.65. The van der Waals surface area contributed by atoms with Crippen LogP contribution in [0.5, 0.6) is 0 Å². The first kappa shape index (κ1) is 25.4. The summed E-state index contributed by atoms with van der Waals surface area (Å²) in [5, 5.41) is 6.75. The van der Waals surface area contributed by atoms with Gasteiger partial charge < -0.3 is 14.8 Å². The van der Waals surface area contributed by atoms with Crippen LogP contribution in [0.15, 0.2) is 42.7 Å². The van der Waals surface area contributed by atoms with Crippen LogP contribution in [0.2, 0.25) is 0 Å². The Morgan fingerprint density at radius 1 is 0.971 bits per heavy atom. The van der Waals surface area contributed by atoms with Crippen LogP contribution in [0.4, 0.5) is 18.9 Å². The molecule has 0 aliphatic heterocycles. The van der Waals surface area contributed by atoms with Crippen molar-refractivity contribution < 1.29 is 37.0 Å². The normalized spacial score (nSPS) is 11.3. The second kappa shape index (κ2) is 9.95. The lowest BCUT2D eigenvalue weighted by atomic mass is 10.0. The number of nitrogens with zero attached hydrogens (tertiary/aromatic N) is 3. The zero-order chi connectivity index (χ0) is 25.9. The predicted molar refractivity (Wildman–Crippen MR) is 118 cm³/mol. The van der Waals surface area contributed by atoms with Gasteiger partial charge in [0.05, 0.1) is 48.4 Å². The average molecular weight is 490 g/mol. The third-order valence-corrected chi connectivity index (χ3v) is 4.92. The maximum atomic E-state index is 13.1. The number of amides is 1. The van der Waals surface area contributed by atoms with E-state index in [4.69, 9.17) is 0 Å². The zero-order valence-corrected chi connectivity index (χ0v) is 19.1. The summed E-state index contributed by atoms with van der Waals surface area (Å²) in [4.78, 5) is 40.9. The van der Waals surface area contributed by atoms with Gasteiger partial charge >= 0.3 is 18.1 Å². The van der Waals surface area contributed by atoms with Crippen LogP contribution in [-0.2, 0) is 15.7 Å². The van der Waals surface area contributed by atoms with Gasteiger partial charge in [-0.25, -0.2) is 19.3 Å². The highest BCUT2D eigenvalue weighted by molar-refractivity contribution is 6.06. The van der Waals surface area contributed by atoms with E-state index in [1.54, 1.807) is 13.8 Å². The van der Waals surface area contributed by atoms with E-state index in [0.29, 0.717) is 11.9 Å². The van der Waals surface area contributed by atoms with Gasteiger partial charge in [-0.1, -0.05) is 13.8 Å². The van der Waals surface area contributed by atoms with Crippen molar-refractivity contribution in [2.45, 2.75) is 25.9 Å². The number of benzene rings is 1. The number of methoxy groups -OCH3 is 2. The highest BCUT2D eigenvalue weighted by Gasteiger charge is 2.31. The molecule has 0 fully saturated rings. The van der Waals surface area contributed by atoms with E-state index >= 15 is 0 Å². The number of ether oxygens (including phenoxy) is 2. The highest BCUT2D eigenvalue weighted by atomic mass is 19.4. The Balaban J connectivity index is 1.98. The lowest BCUT2D eigenvalue weighted by Crippen LogP contribution is -2.17. The summed E-state index contributed by atoms with van der Waals surface area (Å²) in [6.07, 6.45) is -2.59. The van der Waals surface area contributed by atoms with Gasteiger partial charge in [-0.2, -0.15) is 18.3 Å². The molecule has 1 amide bonds. The molecule has 0 aliphatic carbocycles. The number of alkyl halides is 3. The molecule has 1 N–H and O–H groups in total. The minimum absolute atomic E-state index is 0.0134. The van der Waals surface area contributed by atoms with Crippen molar-refractivity contribution in [1.29, 1.82) is 0 Å². The lowest BCUT2D eigenvalue weighted by Gasteiger charge is -2.14. The minimum atomic E-state index is -4.54. The number of hydrogen-bond donors (Lipinski definition) is 1. The zero-order valence-electron chi connectivity index (χ0n) is 19.1. The summed E-state index contributed by atoms with van der Waals surface area (Å²) in [5.41, 5.74) is -0.242. The molecule has 2 aromatic heterocycles. The highest BCUT2D eigenvalue weighted by Crippen LogP contribution is 2.30. The van der Waals surface area contributed by atoms with Crippen molar-refractivity contribution in [3.8, 4) is 5.82 Å². The first-order chi connectivity index (χ1) is 16.5. The molecule has 2 heterocycles. The standard InChI is InChI=1S/C23H21F3N4O5/c1-12(2)19-17(11-28-30(19)18-6-5-15(10-27-18)23(24,25)26)20(31)29-16-8-13(21(32)34-3)7-14(9-16)22(33)35-4/h5-12H,1-4H3,(H,29,31). The molecule has 1 aromatic carbocycles. The fourth-order valence-corrected chi connectivity index (χ4v) is 3.32. The molecular formula is C23H21F3N4O5. The molecule has 0 unspecified atom stereocenters. The third kappa shape index (κ3) is 5.48. The Labute approximate surface area is 197 Å². The molecule has 9 nitrogen and oxygen atoms in total. The predicted octanol–water partition coefficient (Wildman–Crippen LogP) is 4.24. The smallest absolute Gasteiger partial charge is 0.417 e. The first-order valence-corrected chi connectivity index (χ1v) is 10.2. The number of hydrogen-bond acceptors (Lipinski definition) is 7. The summed E-state index contributed by atoms with van der Waals surface area (Å²) in [6, 6.07) is 5.95. The van der Waals surface area contributed by atoms with Crippen molar-refractivity contribution in [3.63, 3.8) is 0 Å². The number of halogens is 3.